The third-order valence-electron chi connectivity index (χ3n) is 3.61. The van der Waals surface area contributed by atoms with Crippen molar-refractivity contribution >= 4 is 23.1 Å². The minimum atomic E-state index is -0.759. The molecule has 1 aromatic heterocycles. The highest BCUT2D eigenvalue weighted by Crippen LogP contribution is 2.25. The van der Waals surface area contributed by atoms with Crippen LogP contribution in [-0.4, -0.2) is 22.2 Å². The Balaban J connectivity index is 1.73. The number of hydrogen-bond donors (Lipinski definition) is 2. The molecule has 0 atom stereocenters. The Labute approximate surface area is 160 Å². The fraction of sp³-hybridized carbons (Fsp3) is 0.150. The van der Waals surface area contributed by atoms with Crippen molar-refractivity contribution in [3.63, 3.8) is 0 Å². The van der Waals surface area contributed by atoms with Gasteiger partial charge >= 0.3 is 0 Å². The van der Waals surface area contributed by atoms with Crippen molar-refractivity contribution in [3.05, 3.63) is 71.9 Å². The van der Waals surface area contributed by atoms with E-state index in [-0.39, 0.29) is 23.3 Å². The molecule has 144 valence electrons. The highest BCUT2D eigenvalue weighted by molar-refractivity contribution is 6.03. The maximum Gasteiger partial charge on any atom is 0.276 e. The first-order chi connectivity index (χ1) is 13.4. The summed E-state index contributed by atoms with van der Waals surface area (Å²) < 4.78 is 33.0. The maximum absolute atomic E-state index is 13.7. The smallest absolute Gasteiger partial charge is 0.276 e. The molecule has 0 saturated heterocycles. The van der Waals surface area contributed by atoms with E-state index < -0.39 is 17.5 Å². The molecule has 0 aliphatic rings. The van der Waals surface area contributed by atoms with Crippen LogP contribution in [0.1, 0.15) is 24.3 Å². The average molecular weight is 384 g/mol. The highest BCUT2D eigenvalue weighted by atomic mass is 19.1. The van der Waals surface area contributed by atoms with Crippen molar-refractivity contribution in [3.8, 4) is 5.75 Å². The van der Waals surface area contributed by atoms with Crippen LogP contribution in [-0.2, 0) is 0 Å². The number of benzene rings is 2. The molecule has 0 aliphatic heterocycles. The van der Waals surface area contributed by atoms with E-state index in [1.807, 2.05) is 13.8 Å². The van der Waals surface area contributed by atoms with Crippen molar-refractivity contribution in [2.24, 2.45) is 0 Å². The molecule has 0 fully saturated rings. The molecule has 1 heterocycles. The number of rotatable bonds is 6. The van der Waals surface area contributed by atoms with Crippen LogP contribution < -0.4 is 15.4 Å². The fourth-order valence-corrected chi connectivity index (χ4v) is 2.38. The summed E-state index contributed by atoms with van der Waals surface area (Å²) in [5.41, 5.74) is 0.200. The van der Waals surface area contributed by atoms with Gasteiger partial charge in [0.15, 0.2) is 11.5 Å². The molecule has 6 nitrogen and oxygen atoms in total. The van der Waals surface area contributed by atoms with Crippen LogP contribution in [0.4, 0.5) is 26.0 Å². The number of amides is 1. The van der Waals surface area contributed by atoms with Crippen molar-refractivity contribution < 1.29 is 18.3 Å². The third kappa shape index (κ3) is 4.59. The molecule has 0 aliphatic carbocycles. The summed E-state index contributed by atoms with van der Waals surface area (Å²) in [5.74, 6) is -1.37. The predicted octanol–water partition coefficient (Wildman–Crippen LogP) is 4.54. The second-order valence-corrected chi connectivity index (χ2v) is 6.14. The molecule has 0 saturated carbocycles. The van der Waals surface area contributed by atoms with Crippen molar-refractivity contribution in [2.75, 3.05) is 10.6 Å². The number of halogens is 2. The highest BCUT2D eigenvalue weighted by Gasteiger charge is 2.14. The van der Waals surface area contributed by atoms with E-state index >= 15 is 0 Å². The monoisotopic (exact) mass is 384 g/mol. The minimum absolute atomic E-state index is 0.0407. The summed E-state index contributed by atoms with van der Waals surface area (Å²) >= 11 is 0. The zero-order valence-electron chi connectivity index (χ0n) is 15.2. The van der Waals surface area contributed by atoms with Gasteiger partial charge in [-0.25, -0.2) is 8.78 Å². The van der Waals surface area contributed by atoms with Gasteiger partial charge in [0.2, 0.25) is 0 Å². The summed E-state index contributed by atoms with van der Waals surface area (Å²) in [6.07, 6.45) is -0.0537. The Bertz CT molecular complexity index is 958. The molecule has 8 heteroatoms. The zero-order chi connectivity index (χ0) is 20.1. The maximum atomic E-state index is 13.7. The summed E-state index contributed by atoms with van der Waals surface area (Å²) in [6.45, 7) is 3.77. The van der Waals surface area contributed by atoms with E-state index in [0.717, 1.165) is 12.1 Å². The molecule has 0 bridgehead atoms. The first kappa shape index (κ1) is 19.2. The van der Waals surface area contributed by atoms with E-state index in [9.17, 15) is 13.6 Å². The molecule has 28 heavy (non-hydrogen) atoms. The second-order valence-electron chi connectivity index (χ2n) is 6.14. The van der Waals surface area contributed by atoms with Gasteiger partial charge in [0.05, 0.1) is 11.8 Å². The Morgan fingerprint density at radius 1 is 0.964 bits per heavy atom. The SMILES string of the molecule is CC(C)Oc1ccccc1NC(=O)c1ccc(Nc2c(F)cccc2F)nn1. The van der Waals surface area contributed by atoms with Crippen LogP contribution in [0.15, 0.2) is 54.6 Å². The predicted molar refractivity (Wildman–Crippen MR) is 102 cm³/mol. The quantitative estimate of drug-likeness (QED) is 0.653. The van der Waals surface area contributed by atoms with Gasteiger partial charge in [0, 0.05) is 0 Å². The van der Waals surface area contributed by atoms with Crippen molar-refractivity contribution in [1.29, 1.82) is 0 Å². The summed E-state index contributed by atoms with van der Waals surface area (Å²) in [5, 5.41) is 12.8. The molecule has 2 aromatic carbocycles. The van der Waals surface area contributed by atoms with E-state index in [4.69, 9.17) is 4.74 Å². The van der Waals surface area contributed by atoms with Gasteiger partial charge in [-0.3, -0.25) is 4.79 Å². The first-order valence-electron chi connectivity index (χ1n) is 8.56. The second kappa shape index (κ2) is 8.43. The standard InChI is InChI=1S/C20H18F2N4O2/c1-12(2)28-17-9-4-3-8-15(17)23-20(27)16-10-11-18(26-25-16)24-19-13(21)6-5-7-14(19)22/h3-12H,1-2H3,(H,23,27)(H,24,26). The third-order valence-corrected chi connectivity index (χ3v) is 3.61. The Hall–Kier alpha value is -3.55. The molecule has 3 aromatic rings. The molecular formula is C20H18F2N4O2. The molecule has 3 rings (SSSR count). The molecule has 0 spiro atoms. The van der Waals surface area contributed by atoms with Gasteiger partial charge in [0.25, 0.3) is 5.91 Å². The van der Waals surface area contributed by atoms with Crippen LogP contribution in [0, 0.1) is 11.6 Å². The lowest BCUT2D eigenvalue weighted by Gasteiger charge is -2.14. The normalized spacial score (nSPS) is 10.6. The summed E-state index contributed by atoms with van der Waals surface area (Å²) in [7, 11) is 0. The number of hydrogen-bond acceptors (Lipinski definition) is 5. The van der Waals surface area contributed by atoms with Crippen LogP contribution in [0.25, 0.3) is 0 Å². The molecule has 1 amide bonds. The van der Waals surface area contributed by atoms with E-state index in [0.29, 0.717) is 11.4 Å². The lowest BCUT2D eigenvalue weighted by atomic mass is 10.2. The number of nitrogens with zero attached hydrogens (tertiary/aromatic N) is 2. The number of ether oxygens (including phenoxy) is 1. The van der Waals surface area contributed by atoms with E-state index in [1.54, 1.807) is 24.3 Å². The van der Waals surface area contributed by atoms with Gasteiger partial charge in [-0.1, -0.05) is 18.2 Å². The van der Waals surface area contributed by atoms with Gasteiger partial charge < -0.3 is 15.4 Å². The van der Waals surface area contributed by atoms with Crippen LogP contribution in [0.2, 0.25) is 0 Å². The average Bonchev–Trinajstić information content (AvgIpc) is 2.66. The lowest BCUT2D eigenvalue weighted by Crippen LogP contribution is -2.16. The van der Waals surface area contributed by atoms with Gasteiger partial charge in [0.1, 0.15) is 23.1 Å². The van der Waals surface area contributed by atoms with Crippen molar-refractivity contribution in [1.82, 2.24) is 10.2 Å². The number of nitrogens with one attached hydrogen (secondary N) is 2. The van der Waals surface area contributed by atoms with Crippen LogP contribution >= 0.6 is 0 Å². The minimum Gasteiger partial charge on any atom is -0.489 e. The fourth-order valence-electron chi connectivity index (χ4n) is 2.38. The number of anilines is 3. The van der Waals surface area contributed by atoms with Crippen LogP contribution in [0.5, 0.6) is 5.75 Å². The summed E-state index contributed by atoms with van der Waals surface area (Å²) in [6, 6.07) is 13.3. The number of carbonyl (C=O) groups excluding carboxylic acids is 1. The van der Waals surface area contributed by atoms with E-state index in [2.05, 4.69) is 20.8 Å². The summed E-state index contributed by atoms with van der Waals surface area (Å²) in [4.78, 5) is 12.4. The Morgan fingerprint density at radius 3 is 2.32 bits per heavy atom. The number of carbonyl (C=O) groups is 1. The number of para-hydroxylation sites is 3. The Kier molecular flexibility index (Phi) is 5.78. The van der Waals surface area contributed by atoms with Crippen molar-refractivity contribution in [2.45, 2.75) is 20.0 Å². The molecular weight excluding hydrogens is 366 g/mol. The largest absolute Gasteiger partial charge is 0.489 e. The van der Waals surface area contributed by atoms with E-state index in [1.165, 1.54) is 18.2 Å². The van der Waals surface area contributed by atoms with Gasteiger partial charge in [-0.15, -0.1) is 10.2 Å². The molecule has 0 unspecified atom stereocenters. The van der Waals surface area contributed by atoms with Gasteiger partial charge in [-0.05, 0) is 50.2 Å². The van der Waals surface area contributed by atoms with Gasteiger partial charge in [-0.2, -0.15) is 0 Å². The Morgan fingerprint density at radius 2 is 1.68 bits per heavy atom. The molecule has 2 N–H and O–H groups in total. The lowest BCUT2D eigenvalue weighted by molar-refractivity contribution is 0.102. The topological polar surface area (TPSA) is 76.1 Å². The van der Waals surface area contributed by atoms with Crippen LogP contribution in [0.3, 0.4) is 0 Å². The number of aromatic nitrogens is 2. The molecule has 0 radical (unpaired) electrons. The first-order valence-corrected chi connectivity index (χ1v) is 8.56. The zero-order valence-corrected chi connectivity index (χ0v) is 15.2.